The highest BCUT2D eigenvalue weighted by Gasteiger charge is 2.37. The number of fused-ring (bicyclic) bond motifs is 2. The molecule has 6 aromatic rings. The van der Waals surface area contributed by atoms with Gasteiger partial charge in [0.1, 0.15) is 5.65 Å². The van der Waals surface area contributed by atoms with Crippen molar-refractivity contribution in [1.82, 2.24) is 35.0 Å². The zero-order valence-corrected chi connectivity index (χ0v) is 21.3. The van der Waals surface area contributed by atoms with Crippen molar-refractivity contribution in [2.45, 2.75) is 25.8 Å². The van der Waals surface area contributed by atoms with Crippen LogP contribution in [0.3, 0.4) is 0 Å². The number of likely N-dealkylation sites (tertiary alicyclic amines) is 1. The fourth-order valence-electron chi connectivity index (χ4n) is 5.15. The minimum Gasteiger partial charge on any atom is -0.338 e. The van der Waals surface area contributed by atoms with Crippen LogP contribution in [0.15, 0.2) is 61.2 Å². The maximum Gasteiger partial charge on any atom is 0.261 e. The summed E-state index contributed by atoms with van der Waals surface area (Å²) in [6, 6.07) is 12.4. The summed E-state index contributed by atoms with van der Waals surface area (Å²) in [6.45, 7) is 2.72. The van der Waals surface area contributed by atoms with Gasteiger partial charge in [-0.1, -0.05) is 0 Å². The molecule has 0 radical (unpaired) electrons. The number of H-pyrrole nitrogens is 2. The summed E-state index contributed by atoms with van der Waals surface area (Å²) >= 11 is 1.76. The van der Waals surface area contributed by atoms with Gasteiger partial charge in [-0.3, -0.25) is 15.0 Å². The first-order chi connectivity index (χ1) is 18.4. The normalized spacial score (nSPS) is 15.7. The minimum absolute atomic E-state index is 0.0955. The summed E-state index contributed by atoms with van der Waals surface area (Å²) in [6.07, 6.45) is 7.00. The van der Waals surface area contributed by atoms with Crippen LogP contribution in [0.1, 0.15) is 16.9 Å². The second-order valence-corrected chi connectivity index (χ2v) is 11.1. The van der Waals surface area contributed by atoms with Crippen molar-refractivity contribution in [3.63, 3.8) is 0 Å². The Bertz CT molecular complexity index is 1800. The van der Waals surface area contributed by atoms with Crippen LogP contribution >= 0.6 is 11.3 Å². The van der Waals surface area contributed by atoms with E-state index in [0.717, 1.165) is 50.1 Å². The summed E-state index contributed by atoms with van der Waals surface area (Å²) in [5, 5.41) is 9.46. The van der Waals surface area contributed by atoms with Gasteiger partial charge in [-0.15, -0.1) is 11.3 Å². The van der Waals surface area contributed by atoms with E-state index in [1.54, 1.807) is 34.8 Å². The maximum absolute atomic E-state index is 13.6. The molecule has 0 aromatic carbocycles. The van der Waals surface area contributed by atoms with Gasteiger partial charge in [-0.05, 0) is 48.9 Å². The van der Waals surface area contributed by atoms with Crippen molar-refractivity contribution in [2.24, 2.45) is 0 Å². The largest absolute Gasteiger partial charge is 0.338 e. The zero-order chi connectivity index (χ0) is 25.9. The molecular weight excluding hydrogens is 504 g/mol. The van der Waals surface area contributed by atoms with Gasteiger partial charge in [0.05, 0.1) is 17.9 Å². The van der Waals surface area contributed by atoms with Crippen LogP contribution < -0.4 is 0 Å². The number of halogens is 2. The molecule has 1 aliphatic rings. The van der Waals surface area contributed by atoms with Crippen LogP contribution in [-0.4, -0.2) is 54.0 Å². The molecule has 0 unspecified atom stereocenters. The van der Waals surface area contributed by atoms with Gasteiger partial charge < -0.3 is 4.98 Å². The third kappa shape index (κ3) is 4.15. The molecule has 0 aliphatic carbocycles. The quantitative estimate of drug-likeness (QED) is 0.269. The van der Waals surface area contributed by atoms with Gasteiger partial charge in [0.2, 0.25) is 0 Å². The SMILES string of the molecule is Cc1ccc(-c2ccnc3[nH]c(-c4[nH]nc5ncc(-c6cncc(CN7CCC(F)(F)C7)c6)cc45)cc23)s1. The van der Waals surface area contributed by atoms with Crippen molar-refractivity contribution in [2.75, 3.05) is 13.1 Å². The van der Waals surface area contributed by atoms with Crippen molar-refractivity contribution >= 4 is 33.4 Å². The molecule has 0 amide bonds. The second-order valence-electron chi connectivity index (χ2n) is 9.81. The van der Waals surface area contributed by atoms with E-state index in [4.69, 9.17) is 0 Å². The molecule has 10 heteroatoms. The second kappa shape index (κ2) is 8.78. The Morgan fingerprint density at radius 3 is 2.74 bits per heavy atom. The lowest BCUT2D eigenvalue weighted by molar-refractivity contribution is 0.0115. The van der Waals surface area contributed by atoms with Crippen molar-refractivity contribution in [1.29, 1.82) is 0 Å². The molecule has 0 atom stereocenters. The van der Waals surface area contributed by atoms with E-state index in [-0.39, 0.29) is 13.0 Å². The molecule has 1 aliphatic heterocycles. The molecule has 7 heterocycles. The first kappa shape index (κ1) is 23.1. The van der Waals surface area contributed by atoms with Crippen LogP contribution in [0.5, 0.6) is 0 Å². The van der Waals surface area contributed by atoms with Crippen molar-refractivity contribution in [3.8, 4) is 33.0 Å². The Kier molecular flexibility index (Phi) is 5.34. The van der Waals surface area contributed by atoms with Gasteiger partial charge in [-0.2, -0.15) is 5.10 Å². The van der Waals surface area contributed by atoms with E-state index in [2.05, 4.69) is 55.3 Å². The monoisotopic (exact) mass is 527 g/mol. The van der Waals surface area contributed by atoms with Crippen molar-refractivity contribution in [3.05, 3.63) is 71.6 Å². The fraction of sp³-hybridized carbons (Fsp3) is 0.214. The molecule has 2 N–H and O–H groups in total. The number of rotatable bonds is 5. The molecule has 1 saturated heterocycles. The number of aromatic amines is 2. The first-order valence-corrected chi connectivity index (χ1v) is 13.2. The predicted molar refractivity (Wildman–Crippen MR) is 145 cm³/mol. The lowest BCUT2D eigenvalue weighted by Gasteiger charge is -2.15. The average molecular weight is 528 g/mol. The topological polar surface area (TPSA) is 86.4 Å². The van der Waals surface area contributed by atoms with E-state index in [9.17, 15) is 8.78 Å². The van der Waals surface area contributed by atoms with Gasteiger partial charge in [0, 0.05) is 81.5 Å². The summed E-state index contributed by atoms with van der Waals surface area (Å²) in [7, 11) is 0. The summed E-state index contributed by atoms with van der Waals surface area (Å²) < 4.78 is 27.3. The van der Waals surface area contributed by atoms with Gasteiger partial charge in [0.25, 0.3) is 5.92 Å². The molecule has 6 aromatic heterocycles. The van der Waals surface area contributed by atoms with E-state index >= 15 is 0 Å². The van der Waals surface area contributed by atoms with E-state index in [1.807, 2.05) is 24.4 Å². The number of aryl methyl sites for hydroxylation is 1. The Hall–Kier alpha value is -4.02. The highest BCUT2D eigenvalue weighted by Crippen LogP contribution is 2.36. The number of pyridine rings is 3. The van der Waals surface area contributed by atoms with Crippen molar-refractivity contribution < 1.29 is 8.78 Å². The summed E-state index contributed by atoms with van der Waals surface area (Å²) in [5.74, 6) is -2.61. The fourth-order valence-corrected chi connectivity index (χ4v) is 6.06. The van der Waals surface area contributed by atoms with E-state index < -0.39 is 5.92 Å². The third-order valence-corrected chi connectivity index (χ3v) is 8.03. The minimum atomic E-state index is -2.61. The molecule has 7 nitrogen and oxygen atoms in total. The summed E-state index contributed by atoms with van der Waals surface area (Å²) in [4.78, 5) is 21.2. The standard InChI is InChI=1S/C28H23F2N7S/c1-16-2-3-24(38-16)20-4-6-32-26-21(20)10-23(34-26)25-22-9-19(13-33-27(22)36-35-25)18-8-17(11-31-12-18)14-37-7-5-28(29,30)15-37/h2-4,6,8-13H,5,7,14-15H2,1H3,(H,32,34)(H,33,35,36). The maximum atomic E-state index is 13.6. The van der Waals surface area contributed by atoms with Crippen LogP contribution in [0.2, 0.25) is 0 Å². The summed E-state index contributed by atoms with van der Waals surface area (Å²) in [5.41, 5.74) is 6.89. The van der Waals surface area contributed by atoms with Crippen LogP contribution in [-0.2, 0) is 6.54 Å². The molecule has 190 valence electrons. The number of alkyl halides is 2. The molecule has 1 fully saturated rings. The molecule has 0 saturated carbocycles. The third-order valence-electron chi connectivity index (χ3n) is 7.00. The lowest BCUT2D eigenvalue weighted by atomic mass is 10.1. The number of thiophene rings is 1. The van der Waals surface area contributed by atoms with Crippen LogP contribution in [0.4, 0.5) is 8.78 Å². The smallest absolute Gasteiger partial charge is 0.261 e. The Morgan fingerprint density at radius 1 is 1.03 bits per heavy atom. The average Bonchev–Trinajstić information content (AvgIpc) is 3.69. The number of nitrogens with zero attached hydrogens (tertiary/aromatic N) is 5. The molecule has 38 heavy (non-hydrogen) atoms. The predicted octanol–water partition coefficient (Wildman–Crippen LogP) is 6.44. The highest BCUT2D eigenvalue weighted by atomic mass is 32.1. The van der Waals surface area contributed by atoms with Gasteiger partial charge in [0.15, 0.2) is 5.65 Å². The molecule has 0 spiro atoms. The van der Waals surface area contributed by atoms with Gasteiger partial charge in [-0.25, -0.2) is 18.7 Å². The number of aromatic nitrogens is 6. The Labute approximate surface area is 220 Å². The van der Waals surface area contributed by atoms with E-state index in [0.29, 0.717) is 18.7 Å². The highest BCUT2D eigenvalue weighted by molar-refractivity contribution is 7.15. The number of nitrogens with one attached hydrogen (secondary N) is 2. The zero-order valence-electron chi connectivity index (χ0n) is 20.5. The lowest BCUT2D eigenvalue weighted by Crippen LogP contribution is -2.24. The molecule has 0 bridgehead atoms. The first-order valence-electron chi connectivity index (χ1n) is 12.4. The van der Waals surface area contributed by atoms with E-state index in [1.165, 1.54) is 9.75 Å². The molecule has 7 rings (SSSR count). The number of hydrogen-bond donors (Lipinski definition) is 2. The van der Waals surface area contributed by atoms with Crippen LogP contribution in [0, 0.1) is 6.92 Å². The van der Waals surface area contributed by atoms with Gasteiger partial charge >= 0.3 is 0 Å². The van der Waals surface area contributed by atoms with Crippen LogP contribution in [0.25, 0.3) is 55.0 Å². The molecular formula is C28H23F2N7S. The Morgan fingerprint density at radius 2 is 1.92 bits per heavy atom. The Balaban J connectivity index is 1.24. The number of hydrogen-bond acceptors (Lipinski definition) is 6.